The van der Waals surface area contributed by atoms with Crippen molar-refractivity contribution in [3.8, 4) is 0 Å². The lowest BCUT2D eigenvalue weighted by atomic mass is 10.1. The Balaban J connectivity index is 2.84. The van der Waals surface area contributed by atoms with Gasteiger partial charge in [0.25, 0.3) is 0 Å². The van der Waals surface area contributed by atoms with Gasteiger partial charge in [0.15, 0.2) is 6.10 Å². The van der Waals surface area contributed by atoms with Crippen LogP contribution < -0.4 is 0 Å². The number of ether oxygens (including phenoxy) is 2. The van der Waals surface area contributed by atoms with E-state index in [2.05, 4.69) is 11.3 Å². The average Bonchev–Trinajstić information content (AvgIpc) is 2.21. The molecule has 1 aliphatic heterocycles. The van der Waals surface area contributed by atoms with Gasteiger partial charge in [-0.15, -0.1) is 0 Å². The van der Waals surface area contributed by atoms with E-state index in [1.807, 2.05) is 6.92 Å². The molecule has 1 atom stereocenters. The third-order valence-corrected chi connectivity index (χ3v) is 2.40. The minimum atomic E-state index is -2.80. The molecule has 2 N–H and O–H groups in total. The van der Waals surface area contributed by atoms with E-state index < -0.39 is 24.0 Å². The fourth-order valence-corrected chi connectivity index (χ4v) is 1.43. The molecule has 6 heteroatoms. The Morgan fingerprint density at radius 2 is 2.12 bits per heavy atom. The molecule has 0 aromatic carbocycles. The van der Waals surface area contributed by atoms with Crippen LogP contribution in [0.1, 0.15) is 32.6 Å². The number of aliphatic hydroxyl groups is 2. The van der Waals surface area contributed by atoms with Gasteiger partial charge in [0, 0.05) is 5.57 Å². The first-order valence-electron chi connectivity index (χ1n) is 5.42. The second-order valence-corrected chi connectivity index (χ2v) is 3.95. The van der Waals surface area contributed by atoms with Crippen LogP contribution in [0.25, 0.3) is 0 Å². The molecule has 0 aromatic rings. The number of rotatable bonds is 3. The van der Waals surface area contributed by atoms with Gasteiger partial charge in [0.2, 0.25) is 0 Å². The van der Waals surface area contributed by atoms with E-state index in [1.54, 1.807) is 0 Å². The molecule has 17 heavy (non-hydrogen) atoms. The highest BCUT2D eigenvalue weighted by atomic mass is 16.8. The van der Waals surface area contributed by atoms with Crippen LogP contribution in [0.4, 0.5) is 0 Å². The molecule has 0 spiro atoms. The van der Waals surface area contributed by atoms with E-state index in [1.165, 1.54) is 0 Å². The standard InChI is InChI=1S/C11H16O6/c1-3-4-5-8-11(14,15)17-10(13)7(2)6-9(12)16-8/h8,14-15H,2-6H2,1H3. The summed E-state index contributed by atoms with van der Waals surface area (Å²) in [5, 5.41) is 19.1. The van der Waals surface area contributed by atoms with Gasteiger partial charge in [-0.2, -0.15) is 0 Å². The number of esters is 2. The van der Waals surface area contributed by atoms with Crippen LogP contribution in [0.2, 0.25) is 0 Å². The maximum Gasteiger partial charge on any atom is 0.363 e. The van der Waals surface area contributed by atoms with Crippen molar-refractivity contribution in [1.29, 1.82) is 0 Å². The quantitative estimate of drug-likeness (QED) is 0.419. The van der Waals surface area contributed by atoms with Crippen LogP contribution in [0.5, 0.6) is 0 Å². The normalized spacial score (nSPS) is 24.6. The third kappa shape index (κ3) is 3.54. The van der Waals surface area contributed by atoms with E-state index in [-0.39, 0.29) is 18.4 Å². The lowest BCUT2D eigenvalue weighted by Gasteiger charge is -2.31. The lowest BCUT2D eigenvalue weighted by molar-refractivity contribution is -0.360. The highest BCUT2D eigenvalue weighted by molar-refractivity contribution is 5.93. The maximum atomic E-state index is 11.3. The first kappa shape index (κ1) is 13.7. The van der Waals surface area contributed by atoms with Crippen molar-refractivity contribution in [2.24, 2.45) is 0 Å². The van der Waals surface area contributed by atoms with E-state index in [9.17, 15) is 19.8 Å². The number of hydrogen-bond donors (Lipinski definition) is 2. The number of cyclic esters (lactones) is 2. The zero-order valence-corrected chi connectivity index (χ0v) is 9.64. The van der Waals surface area contributed by atoms with Crippen LogP contribution in [0.15, 0.2) is 12.2 Å². The molecule has 0 bridgehead atoms. The molecule has 0 aromatic heterocycles. The fraction of sp³-hybridized carbons (Fsp3) is 0.636. The van der Waals surface area contributed by atoms with Crippen molar-refractivity contribution in [2.45, 2.75) is 44.7 Å². The van der Waals surface area contributed by atoms with Gasteiger partial charge in [0.1, 0.15) is 0 Å². The predicted molar refractivity (Wildman–Crippen MR) is 56.4 cm³/mol. The lowest BCUT2D eigenvalue weighted by Crippen LogP contribution is -2.50. The molecule has 0 radical (unpaired) electrons. The fourth-order valence-electron chi connectivity index (χ4n) is 1.43. The van der Waals surface area contributed by atoms with E-state index in [0.717, 1.165) is 6.42 Å². The second kappa shape index (κ2) is 5.29. The minimum Gasteiger partial charge on any atom is -0.452 e. The van der Waals surface area contributed by atoms with Crippen LogP contribution in [0.3, 0.4) is 0 Å². The summed E-state index contributed by atoms with van der Waals surface area (Å²) in [5.41, 5.74) is -0.170. The number of unbranched alkanes of at least 4 members (excludes halogenated alkanes) is 1. The molecule has 1 saturated heterocycles. The summed E-state index contributed by atoms with van der Waals surface area (Å²) < 4.78 is 9.29. The smallest absolute Gasteiger partial charge is 0.363 e. The van der Waals surface area contributed by atoms with E-state index in [4.69, 9.17) is 4.74 Å². The summed E-state index contributed by atoms with van der Waals surface area (Å²) in [7, 11) is 0. The summed E-state index contributed by atoms with van der Waals surface area (Å²) in [6.07, 6.45) is 0.0170. The number of carbonyl (C=O) groups is 2. The summed E-state index contributed by atoms with van der Waals surface area (Å²) >= 11 is 0. The van der Waals surface area contributed by atoms with Gasteiger partial charge in [-0.25, -0.2) is 4.79 Å². The molecule has 1 heterocycles. The molecule has 0 aliphatic carbocycles. The first-order chi connectivity index (χ1) is 7.86. The van der Waals surface area contributed by atoms with Crippen molar-refractivity contribution in [3.63, 3.8) is 0 Å². The van der Waals surface area contributed by atoms with Gasteiger partial charge in [0.05, 0.1) is 6.42 Å². The highest BCUT2D eigenvalue weighted by Gasteiger charge is 2.44. The molecular weight excluding hydrogens is 228 g/mol. The van der Waals surface area contributed by atoms with Crippen LogP contribution in [-0.2, 0) is 19.1 Å². The number of hydrogen-bond acceptors (Lipinski definition) is 6. The van der Waals surface area contributed by atoms with Crippen molar-refractivity contribution in [1.82, 2.24) is 0 Å². The molecule has 1 rings (SSSR count). The monoisotopic (exact) mass is 244 g/mol. The molecule has 1 aliphatic rings. The third-order valence-electron chi connectivity index (χ3n) is 2.40. The number of carbonyl (C=O) groups excluding carboxylic acids is 2. The Kier molecular flexibility index (Phi) is 4.25. The Bertz CT molecular complexity index is 333. The van der Waals surface area contributed by atoms with E-state index in [0.29, 0.717) is 6.42 Å². The van der Waals surface area contributed by atoms with Crippen LogP contribution in [-0.4, -0.2) is 34.2 Å². The molecule has 1 fully saturated rings. The zero-order chi connectivity index (χ0) is 13.1. The van der Waals surface area contributed by atoms with Gasteiger partial charge in [-0.3, -0.25) is 4.79 Å². The molecule has 96 valence electrons. The van der Waals surface area contributed by atoms with Crippen molar-refractivity contribution >= 4 is 11.9 Å². The molecule has 0 saturated carbocycles. The molecular formula is C11H16O6. The van der Waals surface area contributed by atoms with Crippen molar-refractivity contribution in [2.75, 3.05) is 0 Å². The van der Waals surface area contributed by atoms with Gasteiger partial charge >= 0.3 is 17.9 Å². The van der Waals surface area contributed by atoms with Gasteiger partial charge in [-0.05, 0) is 12.8 Å². The summed E-state index contributed by atoms with van der Waals surface area (Å²) in [5.74, 6) is -4.53. The topological polar surface area (TPSA) is 93.1 Å². The largest absolute Gasteiger partial charge is 0.452 e. The SMILES string of the molecule is C=C1CC(=O)OC(CCCC)C(O)(O)OC1=O. The Labute approximate surface area is 98.8 Å². The molecule has 0 amide bonds. The first-order valence-corrected chi connectivity index (χ1v) is 5.42. The van der Waals surface area contributed by atoms with Crippen LogP contribution >= 0.6 is 0 Å². The van der Waals surface area contributed by atoms with Gasteiger partial charge < -0.3 is 19.7 Å². The van der Waals surface area contributed by atoms with E-state index >= 15 is 0 Å². The summed E-state index contributed by atoms with van der Waals surface area (Å²) in [6, 6.07) is 0. The van der Waals surface area contributed by atoms with Crippen molar-refractivity contribution in [3.05, 3.63) is 12.2 Å². The van der Waals surface area contributed by atoms with Gasteiger partial charge in [-0.1, -0.05) is 19.9 Å². The molecule has 6 nitrogen and oxygen atoms in total. The average molecular weight is 244 g/mol. The summed E-state index contributed by atoms with van der Waals surface area (Å²) in [6.45, 7) is 5.20. The second-order valence-electron chi connectivity index (χ2n) is 3.95. The molecule has 1 unspecified atom stereocenters. The summed E-state index contributed by atoms with van der Waals surface area (Å²) in [4.78, 5) is 22.6. The zero-order valence-electron chi connectivity index (χ0n) is 9.64. The predicted octanol–water partition coefficient (Wildman–Crippen LogP) is 0.230. The highest BCUT2D eigenvalue weighted by Crippen LogP contribution is 2.24. The van der Waals surface area contributed by atoms with Crippen molar-refractivity contribution < 1.29 is 29.3 Å². The Morgan fingerprint density at radius 3 is 2.71 bits per heavy atom. The Morgan fingerprint density at radius 1 is 1.47 bits per heavy atom. The minimum absolute atomic E-state index is 0.170. The Hall–Kier alpha value is -1.40. The van der Waals surface area contributed by atoms with Crippen LogP contribution in [0, 0.1) is 0 Å². The maximum absolute atomic E-state index is 11.3.